The summed E-state index contributed by atoms with van der Waals surface area (Å²) in [6, 6.07) is 10.2. The second kappa shape index (κ2) is 7.66. The third-order valence-electron chi connectivity index (χ3n) is 5.55. The fraction of sp³-hybridized carbons (Fsp3) is 0.650. The number of nitrogens with one attached hydrogen (secondary N) is 2. The zero-order valence-corrected chi connectivity index (χ0v) is 15.2. The molecule has 2 atom stereocenters. The molecular weight excluding hydrogens is 298 g/mol. The molecule has 24 heavy (non-hydrogen) atoms. The molecule has 132 valence electrons. The molecule has 1 aromatic rings. The van der Waals surface area contributed by atoms with E-state index in [1.54, 1.807) is 0 Å². The van der Waals surface area contributed by atoms with E-state index < -0.39 is 0 Å². The van der Waals surface area contributed by atoms with Crippen molar-refractivity contribution in [2.75, 3.05) is 6.54 Å². The average Bonchev–Trinajstić information content (AvgIpc) is 2.91. The maximum absolute atomic E-state index is 12.5. The Morgan fingerprint density at radius 1 is 1.21 bits per heavy atom. The number of piperidine rings is 1. The van der Waals surface area contributed by atoms with Crippen LogP contribution >= 0.6 is 0 Å². The van der Waals surface area contributed by atoms with Crippen LogP contribution in [0.25, 0.3) is 0 Å². The van der Waals surface area contributed by atoms with Crippen LogP contribution in [0.15, 0.2) is 24.3 Å². The van der Waals surface area contributed by atoms with Crippen LogP contribution in [0.3, 0.4) is 0 Å². The number of benzene rings is 1. The molecule has 2 aliphatic heterocycles. The van der Waals surface area contributed by atoms with Crippen molar-refractivity contribution in [2.45, 2.75) is 77.2 Å². The van der Waals surface area contributed by atoms with Gasteiger partial charge in [0.1, 0.15) is 0 Å². The minimum atomic E-state index is 0.0732. The van der Waals surface area contributed by atoms with Crippen LogP contribution in [0.2, 0.25) is 0 Å². The summed E-state index contributed by atoms with van der Waals surface area (Å²) in [6.45, 7) is 8.61. The Labute approximate surface area is 146 Å². The van der Waals surface area contributed by atoms with Crippen LogP contribution in [0.5, 0.6) is 0 Å². The monoisotopic (exact) mass is 329 g/mol. The average molecular weight is 329 g/mol. The third kappa shape index (κ3) is 4.17. The van der Waals surface area contributed by atoms with Gasteiger partial charge in [-0.3, -0.25) is 9.69 Å². The summed E-state index contributed by atoms with van der Waals surface area (Å²) in [4.78, 5) is 14.9. The first-order valence-electron chi connectivity index (χ1n) is 9.45. The Balaban J connectivity index is 1.55. The van der Waals surface area contributed by atoms with Crippen LogP contribution in [0, 0.1) is 0 Å². The van der Waals surface area contributed by atoms with Crippen molar-refractivity contribution in [1.82, 2.24) is 15.5 Å². The Kier molecular flexibility index (Phi) is 5.57. The molecule has 0 aliphatic carbocycles. The molecular formula is C20H31N3O. The Morgan fingerprint density at radius 3 is 2.38 bits per heavy atom. The van der Waals surface area contributed by atoms with E-state index in [9.17, 15) is 4.79 Å². The van der Waals surface area contributed by atoms with Gasteiger partial charge in [0, 0.05) is 36.3 Å². The highest BCUT2D eigenvalue weighted by Crippen LogP contribution is 2.26. The molecule has 2 bridgehead atoms. The van der Waals surface area contributed by atoms with Crippen molar-refractivity contribution in [2.24, 2.45) is 0 Å². The van der Waals surface area contributed by atoms with Gasteiger partial charge in [-0.05, 0) is 63.8 Å². The summed E-state index contributed by atoms with van der Waals surface area (Å²) in [5.41, 5.74) is 2.04. The Bertz CT molecular complexity index is 543. The van der Waals surface area contributed by atoms with Gasteiger partial charge in [-0.25, -0.2) is 0 Å². The lowest BCUT2D eigenvalue weighted by Gasteiger charge is -2.29. The van der Waals surface area contributed by atoms with Gasteiger partial charge in [0.2, 0.25) is 0 Å². The molecule has 2 aliphatic rings. The minimum Gasteiger partial charge on any atom is -0.349 e. The number of nitrogens with zero attached hydrogens (tertiary/aromatic N) is 1. The van der Waals surface area contributed by atoms with E-state index in [4.69, 9.17) is 0 Å². The van der Waals surface area contributed by atoms with Crippen molar-refractivity contribution in [3.05, 3.63) is 35.4 Å². The van der Waals surface area contributed by atoms with E-state index in [1.165, 1.54) is 18.4 Å². The quantitative estimate of drug-likeness (QED) is 0.843. The lowest BCUT2D eigenvalue weighted by atomic mass is 9.99. The fourth-order valence-electron chi connectivity index (χ4n) is 4.10. The van der Waals surface area contributed by atoms with Gasteiger partial charge in [0.05, 0.1) is 0 Å². The molecule has 4 heteroatoms. The van der Waals surface area contributed by atoms with E-state index in [2.05, 4.69) is 48.4 Å². The van der Waals surface area contributed by atoms with Crippen molar-refractivity contribution in [1.29, 1.82) is 0 Å². The van der Waals surface area contributed by atoms with E-state index >= 15 is 0 Å². The van der Waals surface area contributed by atoms with E-state index in [0.29, 0.717) is 24.2 Å². The highest BCUT2D eigenvalue weighted by atomic mass is 16.1. The van der Waals surface area contributed by atoms with Crippen molar-refractivity contribution in [3.8, 4) is 0 Å². The van der Waals surface area contributed by atoms with Crippen LogP contribution in [0.1, 0.15) is 62.4 Å². The van der Waals surface area contributed by atoms with E-state index in [1.807, 2.05) is 12.1 Å². The number of hydrogen-bond donors (Lipinski definition) is 2. The number of rotatable bonds is 6. The van der Waals surface area contributed by atoms with Gasteiger partial charge in [-0.1, -0.05) is 19.1 Å². The number of carbonyl (C=O) groups is 1. The topological polar surface area (TPSA) is 44.4 Å². The summed E-state index contributed by atoms with van der Waals surface area (Å²) in [7, 11) is 0. The normalized spacial score (nSPS) is 26.1. The van der Waals surface area contributed by atoms with E-state index in [-0.39, 0.29) is 5.91 Å². The second-order valence-electron chi connectivity index (χ2n) is 7.63. The molecule has 1 amide bonds. The molecule has 4 nitrogen and oxygen atoms in total. The summed E-state index contributed by atoms with van der Waals surface area (Å²) in [5, 5.41) is 6.85. The van der Waals surface area contributed by atoms with Crippen molar-refractivity contribution >= 4 is 5.91 Å². The predicted octanol–water partition coefficient (Wildman–Crippen LogP) is 2.93. The number of amides is 1. The van der Waals surface area contributed by atoms with Gasteiger partial charge in [-0.2, -0.15) is 0 Å². The first-order valence-corrected chi connectivity index (χ1v) is 9.45. The Hall–Kier alpha value is -1.39. The van der Waals surface area contributed by atoms with Crippen molar-refractivity contribution in [3.63, 3.8) is 0 Å². The summed E-state index contributed by atoms with van der Waals surface area (Å²) in [5.74, 6) is 0.0732. The van der Waals surface area contributed by atoms with Gasteiger partial charge in [0.25, 0.3) is 5.91 Å². The molecule has 0 radical (unpaired) electrons. The van der Waals surface area contributed by atoms with Gasteiger partial charge in [0.15, 0.2) is 0 Å². The van der Waals surface area contributed by atoms with Crippen LogP contribution in [-0.4, -0.2) is 41.5 Å². The molecule has 2 heterocycles. The molecule has 0 spiro atoms. The lowest BCUT2D eigenvalue weighted by molar-refractivity contribution is 0.0924. The Morgan fingerprint density at radius 2 is 1.83 bits per heavy atom. The van der Waals surface area contributed by atoms with Crippen LogP contribution < -0.4 is 10.6 Å². The first kappa shape index (κ1) is 17.4. The summed E-state index contributed by atoms with van der Waals surface area (Å²) >= 11 is 0. The maximum atomic E-state index is 12.5. The molecule has 2 unspecified atom stereocenters. The van der Waals surface area contributed by atoms with Gasteiger partial charge >= 0.3 is 0 Å². The third-order valence-corrected chi connectivity index (χ3v) is 5.55. The zero-order chi connectivity index (χ0) is 17.1. The molecule has 2 saturated heterocycles. The summed E-state index contributed by atoms with van der Waals surface area (Å²) < 4.78 is 0. The van der Waals surface area contributed by atoms with Crippen LogP contribution in [0.4, 0.5) is 0 Å². The number of hydrogen-bond acceptors (Lipinski definition) is 3. The smallest absolute Gasteiger partial charge is 0.251 e. The van der Waals surface area contributed by atoms with E-state index in [0.717, 1.165) is 31.5 Å². The molecule has 1 aromatic carbocycles. The standard InChI is InChI=1S/C20H31N3O/c1-4-23(14(2)3)13-15-5-7-16(8-6-15)20(24)22-19-11-17-9-10-18(12-19)21-17/h5-8,14,17-19,21H,4,9-13H2,1-3H3,(H,22,24). The molecule has 3 rings (SSSR count). The molecule has 2 N–H and O–H groups in total. The van der Waals surface area contributed by atoms with Gasteiger partial charge in [-0.15, -0.1) is 0 Å². The molecule has 0 aromatic heterocycles. The molecule has 2 fully saturated rings. The summed E-state index contributed by atoms with van der Waals surface area (Å²) in [6.07, 6.45) is 4.66. The first-order chi connectivity index (χ1) is 11.5. The zero-order valence-electron chi connectivity index (χ0n) is 15.2. The largest absolute Gasteiger partial charge is 0.349 e. The predicted molar refractivity (Wildman–Crippen MR) is 98.1 cm³/mol. The lowest BCUT2D eigenvalue weighted by Crippen LogP contribution is -2.48. The highest BCUT2D eigenvalue weighted by Gasteiger charge is 2.34. The van der Waals surface area contributed by atoms with Gasteiger partial charge < -0.3 is 10.6 Å². The number of fused-ring (bicyclic) bond motifs is 2. The second-order valence-corrected chi connectivity index (χ2v) is 7.63. The SMILES string of the molecule is CCN(Cc1ccc(C(=O)NC2CC3CCC(C2)N3)cc1)C(C)C. The van der Waals surface area contributed by atoms with Crippen LogP contribution in [-0.2, 0) is 6.54 Å². The molecule has 0 saturated carbocycles. The van der Waals surface area contributed by atoms with Crippen molar-refractivity contribution < 1.29 is 4.79 Å². The number of carbonyl (C=O) groups excluding carboxylic acids is 1. The minimum absolute atomic E-state index is 0.0732. The highest BCUT2D eigenvalue weighted by molar-refractivity contribution is 5.94. The maximum Gasteiger partial charge on any atom is 0.251 e. The fourth-order valence-corrected chi connectivity index (χ4v) is 4.10.